The van der Waals surface area contributed by atoms with Gasteiger partial charge in [0.15, 0.2) is 6.61 Å². The minimum Gasteiger partial charge on any atom is -0.456 e. The van der Waals surface area contributed by atoms with Gasteiger partial charge < -0.3 is 9.64 Å². The summed E-state index contributed by atoms with van der Waals surface area (Å²) in [6.07, 6.45) is -5.91. The van der Waals surface area contributed by atoms with E-state index in [2.05, 4.69) is 4.74 Å². The van der Waals surface area contributed by atoms with Gasteiger partial charge in [0, 0.05) is 13.1 Å². The number of piperidine rings is 1. The molecule has 1 aliphatic rings. The SMILES string of the molecule is O=C(OCC(F)(F)F)C1CCN(C(=O)F)CC1. The van der Waals surface area contributed by atoms with E-state index in [4.69, 9.17) is 0 Å². The van der Waals surface area contributed by atoms with Gasteiger partial charge in [0.05, 0.1) is 5.92 Å². The van der Waals surface area contributed by atoms with Gasteiger partial charge in [-0.05, 0) is 12.8 Å². The number of ether oxygens (including phenoxy) is 1. The lowest BCUT2D eigenvalue weighted by Gasteiger charge is -2.28. The first-order valence-electron chi connectivity index (χ1n) is 4.97. The van der Waals surface area contributed by atoms with Crippen LogP contribution >= 0.6 is 0 Å². The van der Waals surface area contributed by atoms with Crippen LogP contribution in [-0.2, 0) is 9.53 Å². The molecule has 0 unspecified atom stereocenters. The second-order valence-electron chi connectivity index (χ2n) is 3.74. The van der Waals surface area contributed by atoms with E-state index in [1.807, 2.05) is 0 Å². The van der Waals surface area contributed by atoms with Crippen molar-refractivity contribution in [3.8, 4) is 0 Å². The molecule has 1 heterocycles. The van der Waals surface area contributed by atoms with Gasteiger partial charge in [-0.1, -0.05) is 0 Å². The van der Waals surface area contributed by atoms with Gasteiger partial charge in [-0.3, -0.25) is 4.79 Å². The van der Waals surface area contributed by atoms with Gasteiger partial charge in [-0.15, -0.1) is 4.39 Å². The molecule has 0 spiro atoms. The average Bonchev–Trinajstić information content (AvgIpc) is 2.25. The normalized spacial score (nSPS) is 18.0. The number of rotatable bonds is 2. The number of carbonyl (C=O) groups excluding carboxylic acids is 2. The van der Waals surface area contributed by atoms with E-state index in [9.17, 15) is 27.2 Å². The predicted octanol–water partition coefficient (Wildman–Crippen LogP) is 1.89. The highest BCUT2D eigenvalue weighted by Gasteiger charge is 2.33. The number of carbonyl (C=O) groups is 2. The smallest absolute Gasteiger partial charge is 0.422 e. The molecule has 1 fully saturated rings. The standard InChI is InChI=1S/C9H11F4NO3/c10-8(16)14-3-1-6(2-4-14)7(15)17-5-9(11,12)13/h6H,1-5H2. The highest BCUT2D eigenvalue weighted by Crippen LogP contribution is 2.21. The summed E-state index contributed by atoms with van der Waals surface area (Å²) in [5.74, 6) is -1.65. The Kier molecular flexibility index (Phi) is 4.30. The molecule has 0 saturated carbocycles. The lowest BCUT2D eigenvalue weighted by molar-refractivity contribution is -0.190. The molecule has 1 saturated heterocycles. The van der Waals surface area contributed by atoms with Crippen molar-refractivity contribution < 1.29 is 31.9 Å². The molecule has 1 amide bonds. The zero-order chi connectivity index (χ0) is 13.1. The molecule has 4 nitrogen and oxygen atoms in total. The summed E-state index contributed by atoms with van der Waals surface area (Å²) in [5.41, 5.74) is 0. The zero-order valence-electron chi connectivity index (χ0n) is 8.80. The van der Waals surface area contributed by atoms with Crippen LogP contribution in [0.4, 0.5) is 22.4 Å². The number of alkyl halides is 3. The summed E-state index contributed by atoms with van der Waals surface area (Å²) in [7, 11) is 0. The van der Waals surface area contributed by atoms with Crippen molar-refractivity contribution in [3.63, 3.8) is 0 Å². The summed E-state index contributed by atoms with van der Waals surface area (Å²) < 4.78 is 51.6. The highest BCUT2D eigenvalue weighted by atomic mass is 19.4. The Balaban J connectivity index is 2.33. The molecule has 0 aliphatic carbocycles. The molecule has 8 heteroatoms. The van der Waals surface area contributed by atoms with Gasteiger partial charge in [0.2, 0.25) is 0 Å². The first kappa shape index (κ1) is 13.7. The summed E-state index contributed by atoms with van der Waals surface area (Å²) in [6.45, 7) is -1.59. The second-order valence-corrected chi connectivity index (χ2v) is 3.74. The van der Waals surface area contributed by atoms with Crippen LogP contribution < -0.4 is 0 Å². The van der Waals surface area contributed by atoms with Crippen LogP contribution in [0.15, 0.2) is 0 Å². The quantitative estimate of drug-likeness (QED) is 0.328. The molecular formula is C9H11F4NO3. The maximum absolute atomic E-state index is 12.2. The third kappa shape index (κ3) is 4.58. The Labute approximate surface area is 94.5 Å². The molecule has 0 aromatic heterocycles. The molecule has 0 radical (unpaired) electrons. The van der Waals surface area contributed by atoms with Crippen molar-refractivity contribution in [1.82, 2.24) is 4.90 Å². The van der Waals surface area contributed by atoms with E-state index in [1.54, 1.807) is 0 Å². The van der Waals surface area contributed by atoms with Crippen molar-refractivity contribution in [3.05, 3.63) is 0 Å². The van der Waals surface area contributed by atoms with Gasteiger partial charge >= 0.3 is 18.3 Å². The summed E-state index contributed by atoms with van der Waals surface area (Å²) in [6, 6.07) is 0. The number of likely N-dealkylation sites (tertiary alicyclic amines) is 1. The number of hydrogen-bond donors (Lipinski definition) is 0. The van der Waals surface area contributed by atoms with E-state index in [0.29, 0.717) is 0 Å². The van der Waals surface area contributed by atoms with E-state index in [1.165, 1.54) is 0 Å². The maximum Gasteiger partial charge on any atom is 0.422 e. The largest absolute Gasteiger partial charge is 0.456 e. The number of nitrogens with zero attached hydrogens (tertiary/aromatic N) is 1. The monoisotopic (exact) mass is 257 g/mol. The van der Waals surface area contributed by atoms with Crippen molar-refractivity contribution in [1.29, 1.82) is 0 Å². The minimum atomic E-state index is -4.55. The Morgan fingerprint density at radius 1 is 1.24 bits per heavy atom. The van der Waals surface area contributed by atoms with Crippen molar-refractivity contribution in [2.75, 3.05) is 19.7 Å². The van der Waals surface area contributed by atoms with E-state index in [-0.39, 0.29) is 25.9 Å². The maximum atomic E-state index is 12.2. The third-order valence-corrected chi connectivity index (χ3v) is 2.46. The molecule has 0 aromatic carbocycles. The Morgan fingerprint density at radius 3 is 2.18 bits per heavy atom. The number of amides is 1. The van der Waals surface area contributed by atoms with Crippen LogP contribution in [0.1, 0.15) is 12.8 Å². The van der Waals surface area contributed by atoms with Crippen molar-refractivity contribution in [2.45, 2.75) is 19.0 Å². The third-order valence-electron chi connectivity index (χ3n) is 2.46. The molecule has 1 aliphatic heterocycles. The van der Waals surface area contributed by atoms with Crippen molar-refractivity contribution in [2.24, 2.45) is 5.92 Å². The molecule has 0 bridgehead atoms. The second kappa shape index (κ2) is 5.33. The van der Waals surface area contributed by atoms with Crippen LogP contribution in [0.5, 0.6) is 0 Å². The highest BCUT2D eigenvalue weighted by molar-refractivity contribution is 5.73. The zero-order valence-corrected chi connectivity index (χ0v) is 8.80. The first-order chi connectivity index (χ1) is 7.79. The van der Waals surface area contributed by atoms with Crippen LogP contribution in [0.3, 0.4) is 0 Å². The van der Waals surface area contributed by atoms with Crippen LogP contribution in [0, 0.1) is 5.92 Å². The van der Waals surface area contributed by atoms with Gasteiger partial charge in [-0.25, -0.2) is 4.79 Å². The summed E-state index contributed by atoms with van der Waals surface area (Å²) in [4.78, 5) is 22.4. The fourth-order valence-electron chi connectivity index (χ4n) is 1.56. The van der Waals surface area contributed by atoms with Gasteiger partial charge in [0.1, 0.15) is 0 Å². The van der Waals surface area contributed by atoms with Crippen LogP contribution in [-0.4, -0.2) is 42.9 Å². The Bertz CT molecular complexity index is 297. The van der Waals surface area contributed by atoms with Gasteiger partial charge in [-0.2, -0.15) is 13.2 Å². The lowest BCUT2D eigenvalue weighted by atomic mass is 9.97. The van der Waals surface area contributed by atoms with Crippen LogP contribution in [0.25, 0.3) is 0 Å². The molecule has 1 rings (SSSR count). The molecule has 98 valence electrons. The van der Waals surface area contributed by atoms with Crippen LogP contribution in [0.2, 0.25) is 0 Å². The Hall–Kier alpha value is -1.34. The lowest BCUT2D eigenvalue weighted by Crippen LogP contribution is -2.39. The fourth-order valence-corrected chi connectivity index (χ4v) is 1.56. The fraction of sp³-hybridized carbons (Fsp3) is 0.778. The minimum absolute atomic E-state index is 0.0150. The number of halogens is 4. The summed E-state index contributed by atoms with van der Waals surface area (Å²) in [5, 5.41) is 0. The molecule has 0 aromatic rings. The summed E-state index contributed by atoms with van der Waals surface area (Å²) >= 11 is 0. The van der Waals surface area contributed by atoms with E-state index < -0.39 is 30.8 Å². The van der Waals surface area contributed by atoms with E-state index >= 15 is 0 Å². The topological polar surface area (TPSA) is 46.6 Å². The van der Waals surface area contributed by atoms with Crippen molar-refractivity contribution >= 4 is 12.1 Å². The molecular weight excluding hydrogens is 246 g/mol. The average molecular weight is 257 g/mol. The molecule has 0 N–H and O–H groups in total. The predicted molar refractivity (Wildman–Crippen MR) is 47.8 cm³/mol. The number of esters is 1. The Morgan fingerprint density at radius 2 is 1.76 bits per heavy atom. The number of hydrogen-bond acceptors (Lipinski definition) is 3. The van der Waals surface area contributed by atoms with E-state index in [0.717, 1.165) is 4.90 Å². The molecule has 17 heavy (non-hydrogen) atoms. The van der Waals surface area contributed by atoms with Gasteiger partial charge in [0.25, 0.3) is 0 Å². The first-order valence-corrected chi connectivity index (χ1v) is 4.97. The molecule has 0 atom stereocenters.